The van der Waals surface area contributed by atoms with Crippen molar-refractivity contribution in [2.75, 3.05) is 23.7 Å². The average molecular weight is 558 g/mol. The van der Waals surface area contributed by atoms with Crippen molar-refractivity contribution in [3.05, 3.63) is 73.5 Å². The summed E-state index contributed by atoms with van der Waals surface area (Å²) in [5.74, 6) is -0.576. The maximum Gasteiger partial charge on any atom is 0.253 e. The van der Waals surface area contributed by atoms with Crippen LogP contribution in [-0.4, -0.2) is 30.9 Å². The van der Waals surface area contributed by atoms with Gasteiger partial charge in [0.25, 0.3) is 10.9 Å². The van der Waals surface area contributed by atoms with E-state index in [-0.39, 0.29) is 33.5 Å². The molecule has 0 unspecified atom stereocenters. The van der Waals surface area contributed by atoms with Crippen molar-refractivity contribution in [2.24, 2.45) is 5.41 Å². The first kappa shape index (κ1) is 26.7. The van der Waals surface area contributed by atoms with Crippen molar-refractivity contribution < 1.29 is 13.5 Å². The lowest BCUT2D eigenvalue weighted by Gasteiger charge is -2.38. The molecule has 1 saturated heterocycles. The molecule has 2 fully saturated rings. The molecule has 1 aliphatic heterocycles. The minimum atomic E-state index is -4.09. The van der Waals surface area contributed by atoms with Crippen molar-refractivity contribution in [3.63, 3.8) is 0 Å². The first-order chi connectivity index (χ1) is 18.2. The van der Waals surface area contributed by atoms with Crippen LogP contribution in [-0.2, 0) is 10.0 Å². The molecular weight excluding hydrogens is 526 g/mol. The monoisotopic (exact) mass is 557 g/mol. The van der Waals surface area contributed by atoms with Crippen LogP contribution >= 0.6 is 11.6 Å². The smallest absolute Gasteiger partial charge is 0.253 e. The van der Waals surface area contributed by atoms with E-state index in [1.54, 1.807) is 0 Å². The van der Waals surface area contributed by atoms with Gasteiger partial charge < -0.3 is 15.7 Å². The zero-order valence-electron chi connectivity index (χ0n) is 21.3. The van der Waals surface area contributed by atoms with Gasteiger partial charge in [-0.1, -0.05) is 61.7 Å². The van der Waals surface area contributed by atoms with E-state index in [1.165, 1.54) is 29.3 Å². The number of halogens is 1. The minimum Gasteiger partial charge on any atom is -0.504 e. The number of hydrogen-bond acceptors (Lipinski definition) is 7. The number of nitrogens with one attached hydrogen (secondary N) is 2. The van der Waals surface area contributed by atoms with E-state index < -0.39 is 31.5 Å². The summed E-state index contributed by atoms with van der Waals surface area (Å²) >= 11 is 6.31. The number of phenolic OH excluding ortho intramolecular Hbond substituents is 1. The molecular formula is C28H32ClN3O5S. The zero-order valence-corrected chi connectivity index (χ0v) is 22.9. The summed E-state index contributed by atoms with van der Waals surface area (Å²) in [5.41, 5.74) is -0.166. The molecule has 3 aromatic carbocycles. The zero-order chi connectivity index (χ0) is 27.1. The SMILES string of the molecule is CC[C@@H](Nc1c(Nc2ccc(Cl)c(S(=O)(=O)N3CCC4(CCCC4)CC3)c2O)c(=O)c1=O)c1ccccc1. The number of sulfonamides is 1. The summed E-state index contributed by atoms with van der Waals surface area (Å²) < 4.78 is 28.6. The van der Waals surface area contributed by atoms with Gasteiger partial charge in [-0.3, -0.25) is 9.59 Å². The molecule has 8 nitrogen and oxygen atoms in total. The van der Waals surface area contributed by atoms with Crippen LogP contribution in [0.2, 0.25) is 5.02 Å². The Morgan fingerprint density at radius 1 is 0.974 bits per heavy atom. The number of aromatic hydroxyl groups is 1. The minimum absolute atomic E-state index is 0.0137. The number of anilines is 3. The Hall–Kier alpha value is -2.88. The van der Waals surface area contributed by atoms with Crippen LogP contribution in [0.3, 0.4) is 0 Å². The Bertz CT molecular complexity index is 1500. The van der Waals surface area contributed by atoms with Gasteiger partial charge in [-0.25, -0.2) is 8.42 Å². The number of nitrogens with zero attached hydrogens (tertiary/aromatic N) is 1. The van der Waals surface area contributed by atoms with Gasteiger partial charge in [-0.05, 0) is 55.2 Å². The predicted octanol–water partition coefficient (Wildman–Crippen LogP) is 5.29. The lowest BCUT2D eigenvalue weighted by molar-refractivity contribution is 0.160. The van der Waals surface area contributed by atoms with Crippen LogP contribution in [0.1, 0.15) is 63.5 Å². The third kappa shape index (κ3) is 4.72. The van der Waals surface area contributed by atoms with E-state index >= 15 is 0 Å². The molecule has 1 heterocycles. The maximum absolute atomic E-state index is 13.6. The second-order valence-electron chi connectivity index (χ2n) is 10.4. The van der Waals surface area contributed by atoms with Crippen molar-refractivity contribution in [1.82, 2.24) is 4.31 Å². The van der Waals surface area contributed by atoms with E-state index in [0.717, 1.165) is 31.2 Å². The molecule has 1 saturated carbocycles. The predicted molar refractivity (Wildman–Crippen MR) is 150 cm³/mol. The summed E-state index contributed by atoms with van der Waals surface area (Å²) in [6.07, 6.45) is 6.88. The second kappa shape index (κ2) is 10.4. The Kier molecular flexibility index (Phi) is 7.28. The average Bonchev–Trinajstić information content (AvgIpc) is 3.37. The van der Waals surface area contributed by atoms with Crippen molar-refractivity contribution in [2.45, 2.75) is 62.8 Å². The molecule has 2 aliphatic rings. The van der Waals surface area contributed by atoms with E-state index in [1.807, 2.05) is 37.3 Å². The maximum atomic E-state index is 13.6. The van der Waals surface area contributed by atoms with Gasteiger partial charge in [0.15, 0.2) is 5.75 Å². The molecule has 5 rings (SSSR count). The summed E-state index contributed by atoms with van der Waals surface area (Å²) in [6.45, 7) is 2.71. The Morgan fingerprint density at radius 2 is 1.61 bits per heavy atom. The first-order valence-electron chi connectivity index (χ1n) is 13.1. The first-order valence-corrected chi connectivity index (χ1v) is 14.9. The fourth-order valence-corrected chi connectivity index (χ4v) is 7.95. The number of benzene rings is 2. The molecule has 1 atom stereocenters. The van der Waals surface area contributed by atoms with Gasteiger partial charge in [-0.15, -0.1) is 0 Å². The van der Waals surface area contributed by atoms with E-state index in [9.17, 15) is 23.1 Å². The summed E-state index contributed by atoms with van der Waals surface area (Å²) in [5, 5.41) is 16.9. The Labute approximate surface area is 227 Å². The molecule has 1 aliphatic carbocycles. The van der Waals surface area contributed by atoms with Crippen LogP contribution in [0.4, 0.5) is 17.1 Å². The molecule has 3 aromatic rings. The van der Waals surface area contributed by atoms with Crippen LogP contribution in [0.15, 0.2) is 56.9 Å². The molecule has 1 spiro atoms. The van der Waals surface area contributed by atoms with Gasteiger partial charge in [0, 0.05) is 13.1 Å². The van der Waals surface area contributed by atoms with Crippen LogP contribution in [0.5, 0.6) is 5.75 Å². The highest BCUT2D eigenvalue weighted by molar-refractivity contribution is 7.89. The van der Waals surface area contributed by atoms with E-state index in [2.05, 4.69) is 10.6 Å². The van der Waals surface area contributed by atoms with Gasteiger partial charge >= 0.3 is 0 Å². The van der Waals surface area contributed by atoms with E-state index in [0.29, 0.717) is 19.5 Å². The molecule has 0 aromatic heterocycles. The molecule has 0 bridgehead atoms. The molecule has 0 amide bonds. The van der Waals surface area contributed by atoms with Gasteiger partial charge in [0.05, 0.1) is 16.8 Å². The highest BCUT2D eigenvalue weighted by atomic mass is 35.5. The number of phenols is 1. The quantitative estimate of drug-likeness (QED) is 0.254. The Balaban J connectivity index is 1.40. The number of rotatable bonds is 8. The summed E-state index contributed by atoms with van der Waals surface area (Å²) in [7, 11) is -4.09. The van der Waals surface area contributed by atoms with Gasteiger partial charge in [-0.2, -0.15) is 4.31 Å². The summed E-state index contributed by atoms with van der Waals surface area (Å²) in [4.78, 5) is 24.5. The largest absolute Gasteiger partial charge is 0.504 e. The third-order valence-corrected chi connectivity index (χ3v) is 10.6. The normalized spacial score (nSPS) is 18.6. The van der Waals surface area contributed by atoms with Crippen molar-refractivity contribution in [1.29, 1.82) is 0 Å². The Morgan fingerprint density at radius 3 is 2.24 bits per heavy atom. The highest BCUT2D eigenvalue weighted by Crippen LogP contribution is 2.48. The van der Waals surface area contributed by atoms with Crippen LogP contribution < -0.4 is 21.5 Å². The molecule has 10 heteroatoms. The van der Waals surface area contributed by atoms with Crippen molar-refractivity contribution >= 4 is 38.7 Å². The molecule has 0 radical (unpaired) electrons. The number of hydrogen-bond donors (Lipinski definition) is 3. The standard InChI is InChI=1S/C28H32ClN3O5S/c1-2-20(18-8-4-3-5-9-18)30-22-23(26(35)25(22)34)31-21-11-10-19(29)27(24(21)33)38(36,37)32-16-14-28(15-17-32)12-6-7-13-28/h3-5,8-11,20,30-31,33H,2,6-7,12-17H2,1H3/t20-/m1/s1. The fraction of sp³-hybridized carbons (Fsp3) is 0.429. The molecule has 202 valence electrons. The number of piperidine rings is 1. The fourth-order valence-electron chi connectivity index (χ4n) is 5.91. The lowest BCUT2D eigenvalue weighted by Crippen LogP contribution is -2.42. The topological polar surface area (TPSA) is 116 Å². The highest BCUT2D eigenvalue weighted by Gasteiger charge is 2.41. The lowest BCUT2D eigenvalue weighted by atomic mass is 9.78. The summed E-state index contributed by atoms with van der Waals surface area (Å²) in [6, 6.07) is 12.1. The molecule has 3 N–H and O–H groups in total. The van der Waals surface area contributed by atoms with E-state index in [4.69, 9.17) is 11.6 Å². The second-order valence-corrected chi connectivity index (χ2v) is 12.7. The van der Waals surface area contributed by atoms with Gasteiger partial charge in [0.2, 0.25) is 10.0 Å². The van der Waals surface area contributed by atoms with Crippen LogP contribution in [0.25, 0.3) is 0 Å². The van der Waals surface area contributed by atoms with Crippen molar-refractivity contribution in [3.8, 4) is 5.75 Å². The van der Waals surface area contributed by atoms with Crippen LogP contribution in [0, 0.1) is 5.41 Å². The van der Waals surface area contributed by atoms with Gasteiger partial charge in [0.1, 0.15) is 16.3 Å². The molecule has 38 heavy (non-hydrogen) atoms. The third-order valence-electron chi connectivity index (χ3n) is 8.23.